The second kappa shape index (κ2) is 4.45. The van der Waals surface area contributed by atoms with E-state index in [0.717, 1.165) is 5.56 Å². The highest BCUT2D eigenvalue weighted by molar-refractivity contribution is 5.77. The summed E-state index contributed by atoms with van der Waals surface area (Å²) in [5.41, 5.74) is 6.45. The van der Waals surface area contributed by atoms with Crippen LogP contribution < -0.4 is 10.5 Å². The monoisotopic (exact) mass is 179 g/mol. The molecule has 0 fully saturated rings. The average molecular weight is 179 g/mol. The van der Waals surface area contributed by atoms with E-state index in [1.807, 2.05) is 12.1 Å². The van der Waals surface area contributed by atoms with Crippen molar-refractivity contribution in [2.45, 2.75) is 13.5 Å². The molecule has 1 rings (SSSR count). The quantitative estimate of drug-likeness (QED) is 0.555. The molecule has 2 N–H and O–H groups in total. The van der Waals surface area contributed by atoms with E-state index in [-0.39, 0.29) is 0 Å². The van der Waals surface area contributed by atoms with Crippen LogP contribution in [0.15, 0.2) is 23.3 Å². The molecule has 70 valence electrons. The zero-order chi connectivity index (χ0) is 9.68. The van der Waals surface area contributed by atoms with Crippen molar-refractivity contribution in [2.75, 3.05) is 7.11 Å². The first kappa shape index (κ1) is 9.51. The normalized spacial score (nSPS) is 11.4. The summed E-state index contributed by atoms with van der Waals surface area (Å²) in [7, 11) is 1.59. The fraction of sp³-hybridized carbons (Fsp3) is 0.333. The molecule has 0 bridgehead atoms. The second-order valence-corrected chi connectivity index (χ2v) is 2.66. The van der Waals surface area contributed by atoms with Crippen molar-refractivity contribution in [3.8, 4) is 5.88 Å². The van der Waals surface area contributed by atoms with Gasteiger partial charge in [0, 0.05) is 12.3 Å². The molecule has 0 aromatic carbocycles. The summed E-state index contributed by atoms with van der Waals surface area (Å²) >= 11 is 0. The lowest BCUT2D eigenvalue weighted by Crippen LogP contribution is -2.05. The Hall–Kier alpha value is -1.58. The van der Waals surface area contributed by atoms with Gasteiger partial charge in [0.15, 0.2) is 0 Å². The van der Waals surface area contributed by atoms with E-state index >= 15 is 0 Å². The van der Waals surface area contributed by atoms with Crippen LogP contribution in [0.3, 0.4) is 0 Å². The van der Waals surface area contributed by atoms with Gasteiger partial charge < -0.3 is 10.5 Å². The topological polar surface area (TPSA) is 60.5 Å². The van der Waals surface area contributed by atoms with E-state index in [1.54, 1.807) is 20.2 Å². The molecule has 1 aromatic rings. The Kier molecular flexibility index (Phi) is 3.25. The van der Waals surface area contributed by atoms with E-state index in [2.05, 4.69) is 9.98 Å². The van der Waals surface area contributed by atoms with Crippen molar-refractivity contribution in [2.24, 2.45) is 10.7 Å². The first-order chi connectivity index (χ1) is 6.22. The summed E-state index contributed by atoms with van der Waals surface area (Å²) in [4.78, 5) is 8.06. The molecule has 0 spiro atoms. The number of ether oxygens (including phenoxy) is 1. The fourth-order valence-corrected chi connectivity index (χ4v) is 0.876. The number of hydrogen-bond donors (Lipinski definition) is 1. The van der Waals surface area contributed by atoms with E-state index < -0.39 is 0 Å². The molecule has 0 atom stereocenters. The van der Waals surface area contributed by atoms with Crippen LogP contribution in [-0.2, 0) is 6.54 Å². The summed E-state index contributed by atoms with van der Waals surface area (Å²) in [5.74, 6) is 1.18. The van der Waals surface area contributed by atoms with E-state index in [1.165, 1.54) is 0 Å². The molecule has 0 aliphatic heterocycles. The number of methoxy groups -OCH3 is 1. The lowest BCUT2D eigenvalue weighted by atomic mass is 10.3. The summed E-state index contributed by atoms with van der Waals surface area (Å²) in [5, 5.41) is 0. The third-order valence-electron chi connectivity index (χ3n) is 1.52. The van der Waals surface area contributed by atoms with Crippen LogP contribution in [-0.4, -0.2) is 17.9 Å². The van der Waals surface area contributed by atoms with Crippen LogP contribution in [0.5, 0.6) is 5.88 Å². The molecule has 13 heavy (non-hydrogen) atoms. The number of nitrogens with two attached hydrogens (primary N) is 1. The number of aliphatic imine (C=N–C) groups is 1. The van der Waals surface area contributed by atoms with Crippen molar-refractivity contribution in [3.63, 3.8) is 0 Å². The van der Waals surface area contributed by atoms with Crippen LogP contribution in [0.1, 0.15) is 12.5 Å². The number of hydrogen-bond acceptors (Lipinski definition) is 3. The molecule has 4 heteroatoms. The van der Waals surface area contributed by atoms with Gasteiger partial charge >= 0.3 is 0 Å². The number of rotatable bonds is 3. The Balaban J connectivity index is 2.72. The summed E-state index contributed by atoms with van der Waals surface area (Å²) in [6.07, 6.45) is 1.69. The molecular weight excluding hydrogens is 166 g/mol. The van der Waals surface area contributed by atoms with Gasteiger partial charge in [0.1, 0.15) is 0 Å². The van der Waals surface area contributed by atoms with Crippen molar-refractivity contribution in [1.82, 2.24) is 4.98 Å². The Bertz CT molecular complexity index is 305. The minimum Gasteiger partial charge on any atom is -0.481 e. The lowest BCUT2D eigenvalue weighted by Gasteiger charge is -2.00. The van der Waals surface area contributed by atoms with Gasteiger partial charge in [0.25, 0.3) is 0 Å². The zero-order valence-corrected chi connectivity index (χ0v) is 7.82. The summed E-state index contributed by atoms with van der Waals surface area (Å²) in [6.45, 7) is 2.33. The largest absolute Gasteiger partial charge is 0.481 e. The van der Waals surface area contributed by atoms with E-state index in [4.69, 9.17) is 10.5 Å². The van der Waals surface area contributed by atoms with Gasteiger partial charge in [0.05, 0.1) is 19.5 Å². The number of amidine groups is 1. The summed E-state index contributed by atoms with van der Waals surface area (Å²) in [6, 6.07) is 3.72. The molecule has 0 amide bonds. The molecule has 0 saturated carbocycles. The molecule has 0 saturated heterocycles. The Morgan fingerprint density at radius 1 is 1.69 bits per heavy atom. The van der Waals surface area contributed by atoms with Crippen LogP contribution in [0.4, 0.5) is 0 Å². The molecule has 0 radical (unpaired) electrons. The van der Waals surface area contributed by atoms with Gasteiger partial charge in [-0.2, -0.15) is 0 Å². The Labute approximate surface area is 77.5 Å². The lowest BCUT2D eigenvalue weighted by molar-refractivity contribution is 0.397. The van der Waals surface area contributed by atoms with Crippen LogP contribution in [0.25, 0.3) is 0 Å². The van der Waals surface area contributed by atoms with Gasteiger partial charge in [0.2, 0.25) is 5.88 Å². The predicted molar refractivity (Wildman–Crippen MR) is 51.8 cm³/mol. The minimum atomic E-state index is 0.571. The van der Waals surface area contributed by atoms with Gasteiger partial charge in [-0.1, -0.05) is 0 Å². The van der Waals surface area contributed by atoms with Crippen molar-refractivity contribution in [3.05, 3.63) is 23.9 Å². The first-order valence-corrected chi connectivity index (χ1v) is 3.98. The molecule has 4 nitrogen and oxygen atoms in total. The zero-order valence-electron chi connectivity index (χ0n) is 7.82. The first-order valence-electron chi connectivity index (χ1n) is 3.98. The van der Waals surface area contributed by atoms with E-state index in [9.17, 15) is 0 Å². The highest BCUT2D eigenvalue weighted by atomic mass is 16.5. The minimum absolute atomic E-state index is 0.571. The van der Waals surface area contributed by atoms with Gasteiger partial charge in [-0.05, 0) is 18.6 Å². The SMILES string of the molecule is COc1cc(CN=C(C)N)ccn1. The molecular formula is C9H13N3O. The highest BCUT2D eigenvalue weighted by Gasteiger charge is 1.94. The third-order valence-corrected chi connectivity index (χ3v) is 1.52. The molecule has 0 aliphatic rings. The number of nitrogens with zero attached hydrogens (tertiary/aromatic N) is 2. The van der Waals surface area contributed by atoms with Gasteiger partial charge in [-0.15, -0.1) is 0 Å². The van der Waals surface area contributed by atoms with Crippen molar-refractivity contribution >= 4 is 5.84 Å². The molecule has 0 unspecified atom stereocenters. The van der Waals surface area contributed by atoms with Crippen molar-refractivity contribution < 1.29 is 4.74 Å². The van der Waals surface area contributed by atoms with Gasteiger partial charge in [-0.3, -0.25) is 4.99 Å². The number of pyridine rings is 1. The maximum atomic E-state index is 5.41. The smallest absolute Gasteiger partial charge is 0.213 e. The third kappa shape index (κ3) is 3.11. The maximum Gasteiger partial charge on any atom is 0.213 e. The molecule has 1 heterocycles. The van der Waals surface area contributed by atoms with Crippen LogP contribution in [0.2, 0.25) is 0 Å². The Morgan fingerprint density at radius 2 is 2.46 bits per heavy atom. The highest BCUT2D eigenvalue weighted by Crippen LogP contribution is 2.09. The predicted octanol–water partition coefficient (Wildman–Crippen LogP) is 0.967. The number of aromatic nitrogens is 1. The van der Waals surface area contributed by atoms with Crippen LogP contribution in [0, 0.1) is 0 Å². The summed E-state index contributed by atoms with van der Waals surface area (Å²) < 4.78 is 4.97. The van der Waals surface area contributed by atoms with E-state index in [0.29, 0.717) is 18.3 Å². The fourth-order valence-electron chi connectivity index (χ4n) is 0.876. The second-order valence-electron chi connectivity index (χ2n) is 2.66. The van der Waals surface area contributed by atoms with Gasteiger partial charge in [-0.25, -0.2) is 4.98 Å². The van der Waals surface area contributed by atoms with Crippen LogP contribution >= 0.6 is 0 Å². The molecule has 1 aromatic heterocycles. The average Bonchev–Trinajstić information content (AvgIpc) is 2.15. The maximum absolute atomic E-state index is 5.41. The van der Waals surface area contributed by atoms with Crippen molar-refractivity contribution in [1.29, 1.82) is 0 Å². The Morgan fingerprint density at radius 3 is 3.08 bits per heavy atom. The standard InChI is InChI=1S/C9H13N3O/c1-7(10)12-6-8-3-4-11-9(5-8)13-2/h3-5H,6H2,1-2H3,(H2,10,12). The molecule has 0 aliphatic carbocycles.